The van der Waals surface area contributed by atoms with Crippen LogP contribution in [0.3, 0.4) is 0 Å². The largest absolute Gasteiger partial charge is 1.00 e. The molecule has 0 aliphatic carbocycles. The fourth-order valence-corrected chi connectivity index (χ4v) is 3.78. The molecule has 0 aliphatic heterocycles. The normalized spacial score (nSPS) is 10.7. The predicted molar refractivity (Wildman–Crippen MR) is 87.8 cm³/mol. The van der Waals surface area contributed by atoms with Crippen molar-refractivity contribution in [1.29, 1.82) is 0 Å². The Morgan fingerprint density at radius 2 is 1.96 bits per heavy atom. The van der Waals surface area contributed by atoms with Crippen LogP contribution >= 0.6 is 19.9 Å². The molecule has 27 heavy (non-hydrogen) atoms. The van der Waals surface area contributed by atoms with E-state index < -0.39 is 8.53 Å². The van der Waals surface area contributed by atoms with Crippen molar-refractivity contribution in [2.45, 2.75) is 6.92 Å². The maximum Gasteiger partial charge on any atom is 1.00 e. The van der Waals surface area contributed by atoms with Gasteiger partial charge in [0.25, 0.3) is 5.89 Å². The van der Waals surface area contributed by atoms with Gasteiger partial charge in [0, 0.05) is 22.5 Å². The zero-order chi connectivity index (χ0) is 17.6. The maximum atomic E-state index is 12.8. The van der Waals surface area contributed by atoms with Gasteiger partial charge in [0.15, 0.2) is 10.8 Å². The summed E-state index contributed by atoms with van der Waals surface area (Å²) in [6.07, 6.45) is 1.32. The number of aryl methyl sites for hydroxylation is 1. The standard InChI is InChI=1S/C15H9N4O4PS.2Na/c1-8-16-14(23-18-8)11-7-25-15(17-11)13(20)10-6-19(24(21)22)12-5-3-2-4-9(10)12;;/h2-7H,1H3;;/q-2;2*+1. The van der Waals surface area contributed by atoms with Gasteiger partial charge in [-0.25, -0.2) is 4.98 Å². The zero-order valence-electron chi connectivity index (χ0n) is 14.7. The molecule has 0 saturated heterocycles. The third-order valence-corrected chi connectivity index (χ3v) is 5.08. The first kappa shape index (κ1) is 22.8. The Morgan fingerprint density at radius 1 is 1.22 bits per heavy atom. The average Bonchev–Trinajstić information content (AvgIpc) is 3.31. The molecule has 0 saturated carbocycles. The number of benzene rings is 1. The van der Waals surface area contributed by atoms with E-state index in [0.29, 0.717) is 22.4 Å². The molecule has 4 aromatic rings. The summed E-state index contributed by atoms with van der Waals surface area (Å²) in [5.41, 5.74) is 1.14. The fourth-order valence-electron chi connectivity index (χ4n) is 2.47. The molecule has 0 N–H and O–H groups in total. The Balaban J connectivity index is 0.00000131. The SMILES string of the molecule is Cc1noc(-c2csc(C(=O)c3cn(P([O-])[O-])c4ccccc34)n2)n1.[Na+].[Na+]. The maximum absolute atomic E-state index is 12.8. The Kier molecular flexibility index (Phi) is 7.92. The molecule has 0 radical (unpaired) electrons. The van der Waals surface area contributed by atoms with Crippen molar-refractivity contribution in [1.82, 2.24) is 19.5 Å². The number of para-hydroxylation sites is 1. The molecule has 1 aromatic carbocycles. The number of thiazole rings is 1. The second kappa shape index (κ2) is 9.37. The van der Waals surface area contributed by atoms with Crippen molar-refractivity contribution in [3.8, 4) is 11.6 Å². The van der Waals surface area contributed by atoms with E-state index >= 15 is 0 Å². The molecule has 0 aliphatic rings. The summed E-state index contributed by atoms with van der Waals surface area (Å²) in [5, 5.41) is 6.11. The van der Waals surface area contributed by atoms with Gasteiger partial charge in [0.2, 0.25) is 5.78 Å². The third kappa shape index (κ3) is 4.43. The summed E-state index contributed by atoms with van der Waals surface area (Å²) in [6, 6.07) is 6.81. The molecule has 0 unspecified atom stereocenters. The summed E-state index contributed by atoms with van der Waals surface area (Å²) in [4.78, 5) is 44.0. The molecule has 0 fully saturated rings. The quantitative estimate of drug-likeness (QED) is 0.186. The molecule has 0 spiro atoms. The number of ketones is 1. The summed E-state index contributed by atoms with van der Waals surface area (Å²) >= 11 is 1.13. The van der Waals surface area contributed by atoms with Crippen LogP contribution in [0.15, 0.2) is 40.4 Å². The summed E-state index contributed by atoms with van der Waals surface area (Å²) in [6.45, 7) is 1.68. The predicted octanol–water partition coefficient (Wildman–Crippen LogP) is -4.51. The van der Waals surface area contributed by atoms with Gasteiger partial charge in [0.1, 0.15) is 5.69 Å². The third-order valence-electron chi connectivity index (χ3n) is 3.56. The number of aromatic nitrogens is 4. The molecule has 4 rings (SSSR count). The second-order valence-electron chi connectivity index (χ2n) is 5.16. The van der Waals surface area contributed by atoms with E-state index in [1.54, 1.807) is 36.6 Å². The topological polar surface area (TPSA) is 120 Å². The molecular weight excluding hydrogens is 409 g/mol. The minimum Gasteiger partial charge on any atom is -0.825 e. The van der Waals surface area contributed by atoms with Crippen LogP contribution in [0.4, 0.5) is 0 Å². The number of hydrogen-bond donors (Lipinski definition) is 0. The number of fused-ring (bicyclic) bond motifs is 1. The van der Waals surface area contributed by atoms with E-state index in [1.165, 1.54) is 6.20 Å². The average molecular weight is 418 g/mol. The molecule has 0 bridgehead atoms. The first-order valence-electron chi connectivity index (χ1n) is 7.10. The van der Waals surface area contributed by atoms with Gasteiger partial charge in [-0.3, -0.25) is 4.79 Å². The van der Waals surface area contributed by atoms with Gasteiger partial charge in [-0.05, 0) is 13.0 Å². The number of nitrogens with zero attached hydrogens (tertiary/aromatic N) is 4. The van der Waals surface area contributed by atoms with Crippen molar-refractivity contribution >= 4 is 36.5 Å². The molecule has 126 valence electrons. The number of rotatable bonds is 4. The number of carbonyl (C=O) groups excluding carboxylic acids is 1. The molecule has 12 heteroatoms. The number of hydrogen-bond acceptors (Lipinski definition) is 8. The van der Waals surface area contributed by atoms with Crippen molar-refractivity contribution in [3.05, 3.63) is 52.2 Å². The first-order chi connectivity index (χ1) is 12.0. The molecule has 0 amide bonds. The van der Waals surface area contributed by atoms with Crippen LogP contribution in [-0.4, -0.2) is 25.2 Å². The fraction of sp³-hybridized carbons (Fsp3) is 0.0667. The van der Waals surface area contributed by atoms with Crippen LogP contribution < -0.4 is 68.9 Å². The van der Waals surface area contributed by atoms with E-state index in [4.69, 9.17) is 4.52 Å². The second-order valence-corrected chi connectivity index (χ2v) is 6.92. The monoisotopic (exact) mass is 418 g/mol. The van der Waals surface area contributed by atoms with Crippen molar-refractivity contribution < 1.29 is 78.2 Å². The van der Waals surface area contributed by atoms with E-state index in [-0.39, 0.29) is 81.4 Å². The molecule has 3 aromatic heterocycles. The van der Waals surface area contributed by atoms with Gasteiger partial charge >= 0.3 is 59.1 Å². The summed E-state index contributed by atoms with van der Waals surface area (Å²) in [5.74, 6) is 0.343. The van der Waals surface area contributed by atoms with Crippen molar-refractivity contribution in [3.63, 3.8) is 0 Å². The minimum atomic E-state index is -2.88. The van der Waals surface area contributed by atoms with Crippen LogP contribution in [0.5, 0.6) is 0 Å². The minimum absolute atomic E-state index is 0. The van der Waals surface area contributed by atoms with Gasteiger partial charge in [-0.2, -0.15) is 13.5 Å². The van der Waals surface area contributed by atoms with E-state index in [9.17, 15) is 14.6 Å². The Labute approximate surface area is 203 Å². The van der Waals surface area contributed by atoms with Crippen molar-refractivity contribution in [2.75, 3.05) is 0 Å². The molecule has 8 nitrogen and oxygen atoms in total. The van der Waals surface area contributed by atoms with Gasteiger partial charge < -0.3 is 18.6 Å². The molecule has 3 heterocycles. The zero-order valence-corrected chi connectivity index (χ0v) is 20.5. The first-order valence-corrected chi connectivity index (χ1v) is 9.11. The molecule has 0 atom stereocenters. The van der Waals surface area contributed by atoms with Crippen molar-refractivity contribution in [2.24, 2.45) is 0 Å². The van der Waals surface area contributed by atoms with Crippen LogP contribution in [0.2, 0.25) is 0 Å². The van der Waals surface area contributed by atoms with Gasteiger partial charge in [-0.1, -0.05) is 23.4 Å². The van der Waals surface area contributed by atoms with Crippen LogP contribution in [0.1, 0.15) is 21.2 Å². The molecular formula is C15H9N4Na2O4PS. The summed E-state index contributed by atoms with van der Waals surface area (Å²) < 4.78 is 6.11. The van der Waals surface area contributed by atoms with Crippen LogP contribution in [0.25, 0.3) is 22.5 Å². The Bertz CT molecular complexity index is 1090. The van der Waals surface area contributed by atoms with E-state index in [2.05, 4.69) is 15.1 Å². The van der Waals surface area contributed by atoms with Gasteiger partial charge in [-0.15, -0.1) is 11.3 Å². The van der Waals surface area contributed by atoms with E-state index in [0.717, 1.165) is 15.7 Å². The van der Waals surface area contributed by atoms with E-state index in [1.807, 2.05) is 0 Å². The van der Waals surface area contributed by atoms with Crippen LogP contribution in [-0.2, 0) is 0 Å². The Morgan fingerprint density at radius 3 is 2.63 bits per heavy atom. The summed E-state index contributed by atoms with van der Waals surface area (Å²) in [7, 11) is -2.88. The van der Waals surface area contributed by atoms with Gasteiger partial charge in [0.05, 0.1) is 5.56 Å². The Hall–Kier alpha value is -0.450. The smallest absolute Gasteiger partial charge is 0.825 e. The number of carbonyl (C=O) groups is 1. The van der Waals surface area contributed by atoms with Crippen LogP contribution in [0, 0.1) is 6.92 Å².